The molecule has 2 aromatic rings. The zero-order chi connectivity index (χ0) is 20.5. The van der Waals surface area contributed by atoms with E-state index < -0.39 is 25.1 Å². The van der Waals surface area contributed by atoms with Gasteiger partial charge in [0.1, 0.15) is 10.6 Å². The third-order valence-corrected chi connectivity index (χ3v) is 9.30. The quantitative estimate of drug-likeness (QED) is 0.692. The van der Waals surface area contributed by atoms with Gasteiger partial charge in [-0.05, 0) is 36.2 Å². The Hall–Kier alpha value is -1.32. The van der Waals surface area contributed by atoms with Crippen molar-refractivity contribution in [1.82, 2.24) is 4.31 Å². The fraction of sp³-hybridized carbons (Fsp3) is 0.333. The highest BCUT2D eigenvalue weighted by Crippen LogP contribution is 2.36. The molecule has 1 fully saturated rings. The molecule has 0 aliphatic carbocycles. The first kappa shape index (κ1) is 21.4. The summed E-state index contributed by atoms with van der Waals surface area (Å²) >= 11 is 12.2. The topological polar surface area (TPSA) is 80.8 Å². The average Bonchev–Trinajstić information content (AvgIpc) is 2.80. The SMILES string of the molecule is COc1ccc(Cl)cc1S(=O)(=O)N1CCC(c2ccccc2Cl)S(=O)(=O)CC1. The van der Waals surface area contributed by atoms with E-state index in [4.69, 9.17) is 27.9 Å². The summed E-state index contributed by atoms with van der Waals surface area (Å²) in [5, 5.41) is -0.262. The largest absolute Gasteiger partial charge is 0.495 e. The van der Waals surface area contributed by atoms with Gasteiger partial charge in [0.25, 0.3) is 0 Å². The van der Waals surface area contributed by atoms with E-state index in [2.05, 4.69) is 0 Å². The normalized spacial score (nSPS) is 20.5. The van der Waals surface area contributed by atoms with Gasteiger partial charge in [0.2, 0.25) is 10.0 Å². The molecule has 6 nitrogen and oxygen atoms in total. The minimum absolute atomic E-state index is 0.0348. The molecule has 0 amide bonds. The highest BCUT2D eigenvalue weighted by molar-refractivity contribution is 7.92. The minimum atomic E-state index is -3.99. The number of ether oxygens (including phenoxy) is 1. The number of hydrogen-bond donors (Lipinski definition) is 0. The number of benzene rings is 2. The van der Waals surface area contributed by atoms with Crippen molar-refractivity contribution in [2.24, 2.45) is 0 Å². The van der Waals surface area contributed by atoms with Gasteiger partial charge in [-0.15, -0.1) is 0 Å². The highest BCUT2D eigenvalue weighted by Gasteiger charge is 2.37. The van der Waals surface area contributed by atoms with E-state index in [1.165, 1.54) is 25.3 Å². The molecule has 1 atom stereocenters. The van der Waals surface area contributed by atoms with Crippen LogP contribution in [0.4, 0.5) is 0 Å². The van der Waals surface area contributed by atoms with Gasteiger partial charge in [-0.3, -0.25) is 0 Å². The molecule has 1 aliphatic heterocycles. The second kappa shape index (κ2) is 8.20. The molecule has 0 N–H and O–H groups in total. The Morgan fingerprint density at radius 1 is 1.11 bits per heavy atom. The lowest BCUT2D eigenvalue weighted by Crippen LogP contribution is -2.33. The molecule has 1 heterocycles. The first-order valence-electron chi connectivity index (χ1n) is 8.46. The summed E-state index contributed by atoms with van der Waals surface area (Å²) in [6, 6.07) is 11.0. The van der Waals surface area contributed by atoms with Gasteiger partial charge in [0.15, 0.2) is 9.84 Å². The summed E-state index contributed by atoms with van der Waals surface area (Å²) in [7, 11) is -6.21. The van der Waals surface area contributed by atoms with Crippen LogP contribution in [0.25, 0.3) is 0 Å². The molecule has 0 radical (unpaired) electrons. The first-order valence-corrected chi connectivity index (χ1v) is 12.4. The number of sulfone groups is 1. The van der Waals surface area contributed by atoms with E-state index in [0.717, 1.165) is 4.31 Å². The summed E-state index contributed by atoms with van der Waals surface area (Å²) in [5.74, 6) is -0.149. The summed E-state index contributed by atoms with van der Waals surface area (Å²) in [6.45, 7) is -0.117. The lowest BCUT2D eigenvalue weighted by molar-refractivity contribution is 0.393. The highest BCUT2D eigenvalue weighted by atomic mass is 35.5. The fourth-order valence-electron chi connectivity index (χ4n) is 3.24. The fourth-order valence-corrected chi connectivity index (χ4v) is 7.38. The van der Waals surface area contributed by atoms with Crippen molar-refractivity contribution in [2.45, 2.75) is 16.6 Å². The molecule has 0 bridgehead atoms. The van der Waals surface area contributed by atoms with E-state index >= 15 is 0 Å². The first-order chi connectivity index (χ1) is 13.2. The monoisotopic (exact) mass is 463 g/mol. The second-order valence-electron chi connectivity index (χ2n) is 6.37. The predicted octanol–water partition coefficient (Wildman–Crippen LogP) is 3.55. The van der Waals surface area contributed by atoms with Gasteiger partial charge < -0.3 is 4.74 Å². The molecule has 152 valence electrons. The van der Waals surface area contributed by atoms with Crippen molar-refractivity contribution in [3.8, 4) is 5.75 Å². The average molecular weight is 464 g/mol. The van der Waals surface area contributed by atoms with Gasteiger partial charge in [0.05, 0.1) is 18.1 Å². The smallest absolute Gasteiger partial charge is 0.246 e. The second-order valence-corrected chi connectivity index (χ2v) is 11.4. The maximum atomic E-state index is 13.2. The number of hydrogen-bond acceptors (Lipinski definition) is 5. The molecule has 2 aromatic carbocycles. The molecule has 10 heteroatoms. The Kier molecular flexibility index (Phi) is 6.26. The molecule has 0 saturated carbocycles. The van der Waals surface area contributed by atoms with Crippen LogP contribution in [0.2, 0.25) is 10.0 Å². The summed E-state index contributed by atoms with van der Waals surface area (Å²) < 4.78 is 58.3. The van der Waals surface area contributed by atoms with Crippen molar-refractivity contribution >= 4 is 43.1 Å². The van der Waals surface area contributed by atoms with Crippen molar-refractivity contribution < 1.29 is 21.6 Å². The number of halogens is 2. The zero-order valence-electron chi connectivity index (χ0n) is 15.0. The third kappa shape index (κ3) is 4.16. The van der Waals surface area contributed by atoms with Crippen LogP contribution in [0.1, 0.15) is 17.2 Å². The number of methoxy groups -OCH3 is 1. The van der Waals surface area contributed by atoms with Crippen LogP contribution in [0, 0.1) is 0 Å². The van der Waals surface area contributed by atoms with Gasteiger partial charge in [-0.25, -0.2) is 16.8 Å². The molecular weight excluding hydrogens is 445 g/mol. The van der Waals surface area contributed by atoms with E-state index in [0.29, 0.717) is 10.6 Å². The van der Waals surface area contributed by atoms with Crippen LogP contribution < -0.4 is 4.74 Å². The maximum absolute atomic E-state index is 13.2. The van der Waals surface area contributed by atoms with Gasteiger partial charge >= 0.3 is 0 Å². The number of nitrogens with zero attached hydrogens (tertiary/aromatic N) is 1. The summed E-state index contributed by atoms with van der Waals surface area (Å²) in [4.78, 5) is -0.0870. The van der Waals surface area contributed by atoms with Crippen molar-refractivity contribution in [3.05, 3.63) is 58.1 Å². The van der Waals surface area contributed by atoms with Crippen molar-refractivity contribution in [1.29, 1.82) is 0 Å². The van der Waals surface area contributed by atoms with Crippen LogP contribution in [-0.2, 0) is 19.9 Å². The standard InChI is InChI=1S/C18H19Cl2NO5S2/c1-26-16-7-6-13(19)12-18(16)28(24,25)21-9-8-17(27(22,23)11-10-21)14-4-2-3-5-15(14)20/h2-7,12,17H,8-11H2,1H3. The molecule has 0 spiro atoms. The Morgan fingerprint density at radius 3 is 2.50 bits per heavy atom. The molecule has 1 saturated heterocycles. The molecule has 28 heavy (non-hydrogen) atoms. The van der Waals surface area contributed by atoms with Crippen molar-refractivity contribution in [3.63, 3.8) is 0 Å². The van der Waals surface area contributed by atoms with E-state index in [1.54, 1.807) is 24.3 Å². The molecule has 1 unspecified atom stereocenters. The Bertz CT molecular complexity index is 1090. The third-order valence-electron chi connectivity index (χ3n) is 4.69. The molecular formula is C18H19Cl2NO5S2. The summed E-state index contributed by atoms with van der Waals surface area (Å²) in [6.07, 6.45) is 0.105. The zero-order valence-corrected chi connectivity index (χ0v) is 18.2. The summed E-state index contributed by atoms with van der Waals surface area (Å²) in [5.41, 5.74) is 0.490. The van der Waals surface area contributed by atoms with Crippen LogP contribution in [0.3, 0.4) is 0 Å². The van der Waals surface area contributed by atoms with E-state index in [-0.39, 0.29) is 40.9 Å². The van der Waals surface area contributed by atoms with Crippen LogP contribution in [0.5, 0.6) is 5.75 Å². The van der Waals surface area contributed by atoms with Gasteiger partial charge in [-0.1, -0.05) is 41.4 Å². The van der Waals surface area contributed by atoms with Gasteiger partial charge in [-0.2, -0.15) is 4.31 Å². The lowest BCUT2D eigenvalue weighted by atomic mass is 10.1. The Balaban J connectivity index is 1.97. The predicted molar refractivity (Wildman–Crippen MR) is 109 cm³/mol. The molecule has 1 aliphatic rings. The van der Waals surface area contributed by atoms with Crippen LogP contribution >= 0.6 is 23.2 Å². The minimum Gasteiger partial charge on any atom is -0.495 e. The van der Waals surface area contributed by atoms with E-state index in [9.17, 15) is 16.8 Å². The molecule has 0 aromatic heterocycles. The number of sulfonamides is 1. The van der Waals surface area contributed by atoms with Crippen LogP contribution in [0.15, 0.2) is 47.4 Å². The number of rotatable bonds is 4. The van der Waals surface area contributed by atoms with Gasteiger partial charge in [0, 0.05) is 23.1 Å². The van der Waals surface area contributed by atoms with Crippen LogP contribution in [-0.4, -0.2) is 47.1 Å². The maximum Gasteiger partial charge on any atom is 0.246 e. The molecule has 3 rings (SSSR count). The Labute approximate surface area is 175 Å². The van der Waals surface area contributed by atoms with E-state index in [1.807, 2.05) is 0 Å². The Morgan fingerprint density at radius 2 is 1.82 bits per heavy atom. The lowest BCUT2D eigenvalue weighted by Gasteiger charge is -2.21. The van der Waals surface area contributed by atoms with Crippen molar-refractivity contribution in [2.75, 3.05) is 26.0 Å².